The Morgan fingerprint density at radius 1 is 1.35 bits per heavy atom. The lowest BCUT2D eigenvalue weighted by Crippen LogP contribution is -2.32. The van der Waals surface area contributed by atoms with Crippen LogP contribution in [-0.2, 0) is 6.18 Å². The van der Waals surface area contributed by atoms with Crippen molar-refractivity contribution >= 4 is 5.91 Å². The highest BCUT2D eigenvalue weighted by molar-refractivity contribution is 5.95. The first-order valence-electron chi connectivity index (χ1n) is 8.17. The fourth-order valence-electron chi connectivity index (χ4n) is 3.23. The van der Waals surface area contributed by atoms with E-state index >= 15 is 0 Å². The van der Waals surface area contributed by atoms with Crippen LogP contribution in [0.4, 0.5) is 17.6 Å². The van der Waals surface area contributed by atoms with E-state index in [1.807, 2.05) is 0 Å². The van der Waals surface area contributed by atoms with Crippen LogP contribution in [0.3, 0.4) is 0 Å². The van der Waals surface area contributed by atoms with E-state index in [0.29, 0.717) is 24.3 Å². The van der Waals surface area contributed by atoms with Crippen LogP contribution >= 0.6 is 0 Å². The van der Waals surface area contributed by atoms with Gasteiger partial charge in [-0.25, -0.2) is 9.07 Å². The molecule has 1 atom stereocenters. The number of para-hydroxylation sites is 1. The van der Waals surface area contributed by atoms with Crippen molar-refractivity contribution in [3.05, 3.63) is 47.5 Å². The van der Waals surface area contributed by atoms with Gasteiger partial charge in [0.15, 0.2) is 5.69 Å². The number of amides is 1. The maximum absolute atomic E-state index is 14.0. The number of halogens is 4. The van der Waals surface area contributed by atoms with Gasteiger partial charge >= 0.3 is 6.18 Å². The van der Waals surface area contributed by atoms with Crippen molar-refractivity contribution in [1.82, 2.24) is 20.0 Å². The van der Waals surface area contributed by atoms with Crippen molar-refractivity contribution in [2.45, 2.75) is 12.6 Å². The molecular formula is C17H18F4N4O. The normalized spacial score (nSPS) is 17.7. The number of nitrogens with zero attached hydrogens (tertiary/aromatic N) is 3. The summed E-state index contributed by atoms with van der Waals surface area (Å²) in [5, 5.41) is 6.66. The molecule has 140 valence electrons. The molecule has 0 aliphatic carbocycles. The molecule has 0 bridgehead atoms. The lowest BCUT2D eigenvalue weighted by Gasteiger charge is -2.18. The van der Waals surface area contributed by atoms with Crippen LogP contribution in [0.2, 0.25) is 0 Å². The molecule has 2 heterocycles. The van der Waals surface area contributed by atoms with Crippen LogP contribution in [0, 0.1) is 11.7 Å². The molecule has 1 aromatic carbocycles. The molecule has 3 rings (SSSR count). The minimum atomic E-state index is -4.85. The van der Waals surface area contributed by atoms with Crippen molar-refractivity contribution in [1.29, 1.82) is 0 Å². The molecule has 1 unspecified atom stereocenters. The van der Waals surface area contributed by atoms with Crippen LogP contribution in [0.25, 0.3) is 5.69 Å². The minimum absolute atomic E-state index is 0.194. The topological polar surface area (TPSA) is 50.2 Å². The summed E-state index contributed by atoms with van der Waals surface area (Å²) in [6, 6.07) is 5.00. The molecule has 9 heteroatoms. The summed E-state index contributed by atoms with van der Waals surface area (Å²) in [4.78, 5) is 14.0. The highest BCUT2D eigenvalue weighted by Gasteiger charge is 2.42. The van der Waals surface area contributed by atoms with E-state index in [4.69, 9.17) is 0 Å². The molecule has 1 saturated heterocycles. The van der Waals surface area contributed by atoms with Crippen LogP contribution in [0.1, 0.15) is 22.5 Å². The molecule has 0 saturated carbocycles. The first kappa shape index (κ1) is 18.4. The van der Waals surface area contributed by atoms with E-state index in [0.717, 1.165) is 18.7 Å². The number of rotatable bonds is 4. The molecule has 0 radical (unpaired) electrons. The van der Waals surface area contributed by atoms with Gasteiger partial charge in [-0.2, -0.15) is 18.3 Å². The van der Waals surface area contributed by atoms with Gasteiger partial charge in [-0.05, 0) is 38.1 Å². The van der Waals surface area contributed by atoms with Crippen LogP contribution in [-0.4, -0.2) is 47.3 Å². The summed E-state index contributed by atoms with van der Waals surface area (Å²) >= 11 is 0. The van der Waals surface area contributed by atoms with E-state index in [2.05, 4.69) is 10.4 Å². The highest BCUT2D eigenvalue weighted by atomic mass is 19.4. The Morgan fingerprint density at radius 2 is 2.08 bits per heavy atom. The molecule has 1 aromatic heterocycles. The van der Waals surface area contributed by atoms with E-state index in [-0.39, 0.29) is 11.6 Å². The Morgan fingerprint density at radius 3 is 2.73 bits per heavy atom. The number of carbonyl (C=O) groups is 1. The summed E-state index contributed by atoms with van der Waals surface area (Å²) in [6.45, 7) is 1.44. The van der Waals surface area contributed by atoms with E-state index in [1.165, 1.54) is 23.1 Å². The van der Waals surface area contributed by atoms with Gasteiger partial charge in [-0.1, -0.05) is 12.1 Å². The Hall–Kier alpha value is -2.42. The molecule has 5 nitrogen and oxygen atoms in total. The lowest BCUT2D eigenvalue weighted by atomic mass is 10.1. The van der Waals surface area contributed by atoms with Gasteiger partial charge in [0, 0.05) is 13.1 Å². The third-order valence-corrected chi connectivity index (χ3v) is 4.41. The molecule has 2 aromatic rings. The third kappa shape index (κ3) is 3.44. The number of hydrogen-bond donors (Lipinski definition) is 1. The molecule has 1 N–H and O–H groups in total. The average molecular weight is 370 g/mol. The summed E-state index contributed by atoms with van der Waals surface area (Å²) < 4.78 is 55.3. The largest absolute Gasteiger partial charge is 0.434 e. The lowest BCUT2D eigenvalue weighted by molar-refractivity contribution is -0.143. The van der Waals surface area contributed by atoms with Gasteiger partial charge in [0.2, 0.25) is 0 Å². The Labute approximate surface area is 147 Å². The SMILES string of the molecule is CNCC1CCN(C(=O)c2cnn(-c3ccccc3F)c2C(F)(F)F)C1. The summed E-state index contributed by atoms with van der Waals surface area (Å²) in [5.74, 6) is -1.39. The second-order valence-corrected chi connectivity index (χ2v) is 6.23. The van der Waals surface area contributed by atoms with E-state index in [9.17, 15) is 22.4 Å². The monoisotopic (exact) mass is 370 g/mol. The fourth-order valence-corrected chi connectivity index (χ4v) is 3.23. The molecule has 1 amide bonds. The zero-order valence-electron chi connectivity index (χ0n) is 14.1. The maximum Gasteiger partial charge on any atom is 0.434 e. The Balaban J connectivity index is 1.99. The fraction of sp³-hybridized carbons (Fsp3) is 0.412. The molecule has 1 aliphatic rings. The predicted octanol–water partition coefficient (Wildman–Crippen LogP) is 2.71. The smallest absolute Gasteiger partial charge is 0.338 e. The second kappa shape index (κ2) is 7.06. The van der Waals surface area contributed by atoms with Crippen molar-refractivity contribution in [2.24, 2.45) is 5.92 Å². The summed E-state index contributed by atoms with van der Waals surface area (Å²) in [6.07, 6.45) is -3.27. The average Bonchev–Trinajstić information content (AvgIpc) is 3.21. The summed E-state index contributed by atoms with van der Waals surface area (Å²) in [5.41, 5.74) is -2.18. The molecule has 0 spiro atoms. The number of aromatic nitrogens is 2. The predicted molar refractivity (Wildman–Crippen MR) is 86.5 cm³/mol. The first-order chi connectivity index (χ1) is 12.3. The first-order valence-corrected chi connectivity index (χ1v) is 8.17. The number of nitrogens with one attached hydrogen (secondary N) is 1. The van der Waals surface area contributed by atoms with Gasteiger partial charge < -0.3 is 10.2 Å². The van der Waals surface area contributed by atoms with Crippen LogP contribution in [0.15, 0.2) is 30.5 Å². The quantitative estimate of drug-likeness (QED) is 0.842. The van der Waals surface area contributed by atoms with Crippen molar-refractivity contribution in [2.75, 3.05) is 26.7 Å². The Kier molecular flexibility index (Phi) is 4.99. The van der Waals surface area contributed by atoms with Crippen molar-refractivity contribution < 1.29 is 22.4 Å². The molecular weight excluding hydrogens is 352 g/mol. The number of alkyl halides is 3. The van der Waals surface area contributed by atoms with Crippen molar-refractivity contribution in [3.63, 3.8) is 0 Å². The highest BCUT2D eigenvalue weighted by Crippen LogP contribution is 2.35. The van der Waals surface area contributed by atoms with Gasteiger partial charge in [0.05, 0.1) is 11.8 Å². The van der Waals surface area contributed by atoms with Crippen molar-refractivity contribution in [3.8, 4) is 5.69 Å². The Bertz CT molecular complexity index is 802. The number of carbonyl (C=O) groups excluding carboxylic acids is 1. The third-order valence-electron chi connectivity index (χ3n) is 4.41. The molecule has 26 heavy (non-hydrogen) atoms. The summed E-state index contributed by atoms with van der Waals surface area (Å²) in [7, 11) is 1.78. The van der Waals surface area contributed by atoms with Gasteiger partial charge in [0.25, 0.3) is 5.91 Å². The van der Waals surface area contributed by atoms with E-state index < -0.39 is 29.2 Å². The van der Waals surface area contributed by atoms with Crippen LogP contribution in [0.5, 0.6) is 0 Å². The second-order valence-electron chi connectivity index (χ2n) is 6.23. The number of hydrogen-bond acceptors (Lipinski definition) is 3. The van der Waals surface area contributed by atoms with Gasteiger partial charge in [-0.15, -0.1) is 0 Å². The molecule has 1 fully saturated rings. The number of benzene rings is 1. The zero-order valence-corrected chi connectivity index (χ0v) is 14.1. The maximum atomic E-state index is 14.0. The van der Waals surface area contributed by atoms with Gasteiger partial charge in [-0.3, -0.25) is 4.79 Å². The van der Waals surface area contributed by atoms with E-state index in [1.54, 1.807) is 7.05 Å². The zero-order chi connectivity index (χ0) is 18.9. The van der Waals surface area contributed by atoms with Crippen LogP contribution < -0.4 is 5.32 Å². The minimum Gasteiger partial charge on any atom is -0.338 e. The van der Waals surface area contributed by atoms with Gasteiger partial charge in [0.1, 0.15) is 11.5 Å². The number of likely N-dealkylation sites (tertiary alicyclic amines) is 1. The molecule has 1 aliphatic heterocycles. The standard InChI is InChI=1S/C17H18F4N4O/c1-22-8-11-6-7-24(10-11)16(26)12-9-23-25(15(12)17(19,20)21)14-5-3-2-4-13(14)18/h2-5,9,11,22H,6-8,10H2,1H3.